The summed E-state index contributed by atoms with van der Waals surface area (Å²) in [6.07, 6.45) is 4.26. The number of hydrogen-bond donors (Lipinski definition) is 0. The van der Waals surface area contributed by atoms with Crippen LogP contribution in [0.25, 0.3) is 0 Å². The van der Waals surface area contributed by atoms with Gasteiger partial charge >= 0.3 is 0 Å². The molecule has 0 spiro atoms. The molecule has 1 fully saturated rings. The largest absolute Gasteiger partial charge is 0.479 e. The molecule has 2 aliphatic rings. The standard InChI is InChI=1S/C20H32N2O2S/c1-5-15(6-2)20(23)22-10-8-18-16(12-22)11-19(25-18)24-17-7-9-21(13-17)14(3)4/h11,14-15,17H,5-10,12-13H2,1-4H3. The third-order valence-electron chi connectivity index (χ3n) is 5.68. The molecule has 1 unspecified atom stereocenters. The van der Waals surface area contributed by atoms with E-state index in [4.69, 9.17) is 4.74 Å². The fourth-order valence-electron chi connectivity index (χ4n) is 3.93. The van der Waals surface area contributed by atoms with Crippen LogP contribution in [0.15, 0.2) is 6.07 Å². The topological polar surface area (TPSA) is 32.8 Å². The van der Waals surface area contributed by atoms with Gasteiger partial charge in [-0.2, -0.15) is 0 Å². The average molecular weight is 365 g/mol. The third kappa shape index (κ3) is 4.20. The number of carbonyl (C=O) groups is 1. The Labute approximate surface area is 156 Å². The lowest BCUT2D eigenvalue weighted by molar-refractivity contribution is -0.136. The minimum atomic E-state index is 0.177. The van der Waals surface area contributed by atoms with Gasteiger partial charge in [-0.05, 0) is 51.2 Å². The smallest absolute Gasteiger partial charge is 0.225 e. The molecule has 1 amide bonds. The molecular weight excluding hydrogens is 332 g/mol. The lowest BCUT2D eigenvalue weighted by atomic mass is 10.00. The van der Waals surface area contributed by atoms with Gasteiger partial charge in [0.15, 0.2) is 5.06 Å². The van der Waals surface area contributed by atoms with Crippen LogP contribution in [-0.4, -0.2) is 47.5 Å². The number of carbonyl (C=O) groups excluding carboxylic acids is 1. The summed E-state index contributed by atoms with van der Waals surface area (Å²) in [5.41, 5.74) is 1.30. The zero-order valence-electron chi connectivity index (χ0n) is 16.1. The van der Waals surface area contributed by atoms with Crippen LogP contribution in [0.4, 0.5) is 0 Å². The number of thiophene rings is 1. The van der Waals surface area contributed by atoms with Gasteiger partial charge < -0.3 is 9.64 Å². The Balaban J connectivity index is 1.60. The molecule has 1 aromatic heterocycles. The molecule has 5 heteroatoms. The van der Waals surface area contributed by atoms with Crippen molar-refractivity contribution in [1.82, 2.24) is 9.80 Å². The first kappa shape index (κ1) is 18.7. The van der Waals surface area contributed by atoms with Crippen molar-refractivity contribution in [2.24, 2.45) is 5.92 Å². The van der Waals surface area contributed by atoms with E-state index >= 15 is 0 Å². The van der Waals surface area contributed by atoms with Crippen LogP contribution in [0.5, 0.6) is 5.06 Å². The van der Waals surface area contributed by atoms with Gasteiger partial charge in [0.2, 0.25) is 5.91 Å². The van der Waals surface area contributed by atoms with Crippen molar-refractivity contribution in [2.45, 2.75) is 72.1 Å². The van der Waals surface area contributed by atoms with Gasteiger partial charge in [-0.1, -0.05) is 13.8 Å². The summed E-state index contributed by atoms with van der Waals surface area (Å²) in [7, 11) is 0. The zero-order valence-corrected chi connectivity index (χ0v) is 16.9. The molecule has 0 bridgehead atoms. The molecule has 0 saturated carbocycles. The summed E-state index contributed by atoms with van der Waals surface area (Å²) in [6, 6.07) is 2.78. The lowest BCUT2D eigenvalue weighted by Gasteiger charge is -2.29. The van der Waals surface area contributed by atoms with Crippen molar-refractivity contribution in [3.63, 3.8) is 0 Å². The van der Waals surface area contributed by atoms with E-state index in [-0.39, 0.29) is 5.92 Å². The molecule has 0 radical (unpaired) electrons. The molecule has 25 heavy (non-hydrogen) atoms. The molecule has 1 aromatic rings. The predicted molar refractivity (Wildman–Crippen MR) is 103 cm³/mol. The number of hydrogen-bond acceptors (Lipinski definition) is 4. The predicted octanol–water partition coefficient (Wildman–Crippen LogP) is 3.93. The Morgan fingerprint density at radius 2 is 2.08 bits per heavy atom. The summed E-state index contributed by atoms with van der Waals surface area (Å²) in [5.74, 6) is 0.504. The highest BCUT2D eigenvalue weighted by Crippen LogP contribution is 2.35. The molecule has 0 N–H and O–H groups in total. The minimum absolute atomic E-state index is 0.177. The van der Waals surface area contributed by atoms with E-state index in [2.05, 4.69) is 38.7 Å². The maximum Gasteiger partial charge on any atom is 0.225 e. The van der Waals surface area contributed by atoms with E-state index in [1.807, 2.05) is 4.90 Å². The molecule has 2 aliphatic heterocycles. The van der Waals surface area contributed by atoms with Crippen molar-refractivity contribution in [1.29, 1.82) is 0 Å². The Bertz CT molecular complexity index is 595. The fraction of sp³-hybridized carbons (Fsp3) is 0.750. The normalized spacial score (nSPS) is 21.2. The van der Waals surface area contributed by atoms with Crippen LogP contribution in [0.2, 0.25) is 0 Å². The zero-order chi connectivity index (χ0) is 18.0. The summed E-state index contributed by atoms with van der Waals surface area (Å²) >= 11 is 1.79. The number of likely N-dealkylation sites (tertiary alicyclic amines) is 1. The molecule has 1 atom stereocenters. The van der Waals surface area contributed by atoms with Crippen LogP contribution < -0.4 is 4.74 Å². The lowest BCUT2D eigenvalue weighted by Crippen LogP contribution is -2.39. The number of fused-ring (bicyclic) bond motifs is 1. The van der Waals surface area contributed by atoms with Crippen LogP contribution in [0, 0.1) is 5.92 Å². The van der Waals surface area contributed by atoms with Crippen molar-refractivity contribution >= 4 is 17.2 Å². The summed E-state index contributed by atoms with van der Waals surface area (Å²) in [4.78, 5) is 18.6. The quantitative estimate of drug-likeness (QED) is 0.767. The van der Waals surface area contributed by atoms with Crippen LogP contribution in [0.1, 0.15) is 57.4 Å². The first-order chi connectivity index (χ1) is 12.0. The maximum atomic E-state index is 12.6. The molecule has 0 aromatic carbocycles. The average Bonchev–Trinajstić information content (AvgIpc) is 3.21. The molecular formula is C20H32N2O2S. The molecule has 4 nitrogen and oxygen atoms in total. The highest BCUT2D eigenvalue weighted by molar-refractivity contribution is 7.14. The minimum Gasteiger partial charge on any atom is -0.479 e. The molecule has 140 valence electrons. The Morgan fingerprint density at radius 3 is 2.72 bits per heavy atom. The Morgan fingerprint density at radius 1 is 1.32 bits per heavy atom. The van der Waals surface area contributed by atoms with Crippen molar-refractivity contribution in [2.75, 3.05) is 19.6 Å². The summed E-state index contributed by atoms with van der Waals surface area (Å²) in [5, 5.41) is 1.04. The first-order valence-corrected chi connectivity index (χ1v) is 10.6. The molecule has 1 saturated heterocycles. The van der Waals surface area contributed by atoms with E-state index < -0.39 is 0 Å². The monoisotopic (exact) mass is 364 g/mol. The van der Waals surface area contributed by atoms with Gasteiger partial charge in [0.05, 0.1) is 0 Å². The van der Waals surface area contributed by atoms with Crippen molar-refractivity contribution in [3.8, 4) is 5.06 Å². The SMILES string of the molecule is CCC(CC)C(=O)N1CCc2sc(OC3CCN(C(C)C)C3)cc2C1. The van der Waals surface area contributed by atoms with E-state index in [0.29, 0.717) is 18.1 Å². The Kier molecular flexibility index (Phi) is 6.05. The number of nitrogens with zero attached hydrogens (tertiary/aromatic N) is 2. The van der Waals surface area contributed by atoms with Gasteiger partial charge in [-0.25, -0.2) is 0 Å². The molecule has 3 rings (SSSR count). The van der Waals surface area contributed by atoms with Gasteiger partial charge in [-0.15, -0.1) is 11.3 Å². The van der Waals surface area contributed by atoms with Gasteiger partial charge in [0, 0.05) is 43.0 Å². The molecule has 3 heterocycles. The van der Waals surface area contributed by atoms with E-state index in [1.165, 1.54) is 10.4 Å². The second-order valence-corrected chi connectivity index (χ2v) is 8.75. The Hall–Kier alpha value is -1.07. The van der Waals surface area contributed by atoms with Crippen LogP contribution in [0.3, 0.4) is 0 Å². The summed E-state index contributed by atoms with van der Waals surface area (Å²) in [6.45, 7) is 12.5. The first-order valence-electron chi connectivity index (χ1n) is 9.82. The number of rotatable bonds is 6. The maximum absolute atomic E-state index is 12.6. The number of ether oxygens (including phenoxy) is 1. The van der Waals surface area contributed by atoms with E-state index in [1.54, 1.807) is 11.3 Å². The molecule has 0 aliphatic carbocycles. The van der Waals surface area contributed by atoms with E-state index in [0.717, 1.165) is 56.9 Å². The second-order valence-electron chi connectivity index (χ2n) is 7.65. The highest BCUT2D eigenvalue weighted by Gasteiger charge is 2.29. The fourth-order valence-corrected chi connectivity index (χ4v) is 5.01. The highest BCUT2D eigenvalue weighted by atomic mass is 32.1. The third-order valence-corrected chi connectivity index (χ3v) is 6.81. The second kappa shape index (κ2) is 8.09. The van der Waals surface area contributed by atoms with Gasteiger partial charge in [-0.3, -0.25) is 9.69 Å². The van der Waals surface area contributed by atoms with Crippen molar-refractivity contribution < 1.29 is 9.53 Å². The van der Waals surface area contributed by atoms with Gasteiger partial charge in [0.25, 0.3) is 0 Å². The van der Waals surface area contributed by atoms with Crippen LogP contribution in [-0.2, 0) is 17.8 Å². The van der Waals surface area contributed by atoms with Gasteiger partial charge in [0.1, 0.15) is 6.10 Å². The van der Waals surface area contributed by atoms with Crippen molar-refractivity contribution in [3.05, 3.63) is 16.5 Å². The number of amides is 1. The van der Waals surface area contributed by atoms with Crippen LogP contribution >= 0.6 is 11.3 Å². The van der Waals surface area contributed by atoms with E-state index in [9.17, 15) is 4.79 Å². The summed E-state index contributed by atoms with van der Waals surface area (Å²) < 4.78 is 6.27.